The van der Waals surface area contributed by atoms with E-state index in [4.69, 9.17) is 12.2 Å². The van der Waals surface area contributed by atoms with Crippen molar-refractivity contribution in [2.45, 2.75) is 13.8 Å². The van der Waals surface area contributed by atoms with Gasteiger partial charge >= 0.3 is 0 Å². The summed E-state index contributed by atoms with van der Waals surface area (Å²) in [5.41, 5.74) is 1.74. The number of allylic oxidation sites excluding steroid dienone is 1. The molecular formula is C16H18N4OS2. The van der Waals surface area contributed by atoms with Crippen molar-refractivity contribution < 1.29 is 5.11 Å². The average molecular weight is 346 g/mol. The Morgan fingerprint density at radius 2 is 2.09 bits per heavy atom. The summed E-state index contributed by atoms with van der Waals surface area (Å²) in [7, 11) is 0. The standard InChI is InChI=1S/C16H18N4OS2/c1-3-20(4-2)16(22)23-10-14(21)11(9-17)15-18-12-7-5-6-8-13(12)19-15/h5-8,21H,3-4,10H2,1-2H3,(H,18,19)/b14-11+. The maximum absolute atomic E-state index is 10.3. The van der Waals surface area contributed by atoms with Crippen LogP contribution in [0.25, 0.3) is 16.6 Å². The van der Waals surface area contributed by atoms with Gasteiger partial charge in [0.25, 0.3) is 0 Å². The summed E-state index contributed by atoms with van der Waals surface area (Å²) in [6, 6.07) is 9.52. The normalized spacial score (nSPS) is 11.9. The van der Waals surface area contributed by atoms with Crippen LogP contribution in [0.2, 0.25) is 0 Å². The van der Waals surface area contributed by atoms with E-state index in [0.29, 0.717) is 10.1 Å². The smallest absolute Gasteiger partial charge is 0.152 e. The predicted molar refractivity (Wildman–Crippen MR) is 99.2 cm³/mol. The number of hydrogen-bond acceptors (Lipinski definition) is 5. The van der Waals surface area contributed by atoms with Gasteiger partial charge in [0, 0.05) is 13.1 Å². The van der Waals surface area contributed by atoms with E-state index >= 15 is 0 Å². The number of aromatic amines is 1. The van der Waals surface area contributed by atoms with E-state index in [1.165, 1.54) is 11.8 Å². The van der Waals surface area contributed by atoms with Crippen molar-refractivity contribution >= 4 is 44.9 Å². The summed E-state index contributed by atoms with van der Waals surface area (Å²) in [6.45, 7) is 5.70. The first-order chi connectivity index (χ1) is 11.1. The number of nitriles is 1. The minimum atomic E-state index is -0.0222. The lowest BCUT2D eigenvalue weighted by Gasteiger charge is -2.20. The molecule has 2 rings (SSSR count). The van der Waals surface area contributed by atoms with Crippen molar-refractivity contribution in [2.24, 2.45) is 0 Å². The van der Waals surface area contributed by atoms with Crippen LogP contribution in [-0.2, 0) is 0 Å². The number of thiocarbonyl (C=S) groups is 1. The molecule has 0 aliphatic carbocycles. The Morgan fingerprint density at radius 3 is 2.70 bits per heavy atom. The van der Waals surface area contributed by atoms with Crippen LogP contribution in [0.5, 0.6) is 0 Å². The number of imidazole rings is 1. The minimum absolute atomic E-state index is 0.0222. The van der Waals surface area contributed by atoms with Crippen LogP contribution in [-0.4, -0.2) is 43.1 Å². The third kappa shape index (κ3) is 4.03. The second-order valence-electron chi connectivity index (χ2n) is 4.76. The van der Waals surface area contributed by atoms with Crippen LogP contribution in [0, 0.1) is 11.3 Å². The van der Waals surface area contributed by atoms with E-state index in [1.54, 1.807) is 0 Å². The van der Waals surface area contributed by atoms with Crippen molar-refractivity contribution in [3.8, 4) is 6.07 Å². The van der Waals surface area contributed by atoms with Gasteiger partial charge in [-0.15, -0.1) is 0 Å². The molecule has 23 heavy (non-hydrogen) atoms. The van der Waals surface area contributed by atoms with Crippen molar-refractivity contribution in [3.05, 3.63) is 35.8 Å². The number of thioether (sulfide) groups is 1. The van der Waals surface area contributed by atoms with Gasteiger partial charge in [0.15, 0.2) is 5.82 Å². The molecule has 0 unspecified atom stereocenters. The number of hydrogen-bond donors (Lipinski definition) is 2. The number of rotatable bonds is 5. The van der Waals surface area contributed by atoms with Gasteiger partial charge in [0.1, 0.15) is 21.7 Å². The highest BCUT2D eigenvalue weighted by atomic mass is 32.2. The number of benzene rings is 1. The van der Waals surface area contributed by atoms with Crippen LogP contribution in [0.15, 0.2) is 30.0 Å². The first-order valence-electron chi connectivity index (χ1n) is 7.29. The summed E-state index contributed by atoms with van der Waals surface area (Å²) < 4.78 is 0.712. The Bertz CT molecular complexity index is 739. The molecule has 120 valence electrons. The number of aliphatic hydroxyl groups excluding tert-OH is 1. The van der Waals surface area contributed by atoms with Crippen LogP contribution in [0.4, 0.5) is 0 Å². The predicted octanol–water partition coefficient (Wildman–Crippen LogP) is 3.72. The Balaban J connectivity index is 2.19. The number of fused-ring (bicyclic) bond motifs is 1. The van der Waals surface area contributed by atoms with Gasteiger partial charge < -0.3 is 15.0 Å². The van der Waals surface area contributed by atoms with E-state index in [9.17, 15) is 10.4 Å². The zero-order chi connectivity index (χ0) is 16.8. The van der Waals surface area contributed by atoms with Gasteiger partial charge in [-0.3, -0.25) is 0 Å². The molecule has 0 spiro atoms. The molecule has 1 aromatic heterocycles. The number of nitrogens with one attached hydrogen (secondary N) is 1. The highest BCUT2D eigenvalue weighted by Gasteiger charge is 2.15. The molecule has 0 aliphatic rings. The molecule has 5 nitrogen and oxygen atoms in total. The number of aliphatic hydroxyl groups is 1. The first-order valence-corrected chi connectivity index (χ1v) is 8.69. The van der Waals surface area contributed by atoms with Crippen LogP contribution >= 0.6 is 24.0 Å². The Hall–Kier alpha value is -2.04. The van der Waals surface area contributed by atoms with E-state index < -0.39 is 0 Å². The fourth-order valence-corrected chi connectivity index (χ4v) is 3.38. The highest BCUT2D eigenvalue weighted by Crippen LogP contribution is 2.21. The topological polar surface area (TPSA) is 75.9 Å². The fourth-order valence-electron chi connectivity index (χ4n) is 2.10. The van der Waals surface area contributed by atoms with E-state index in [2.05, 4.69) is 9.97 Å². The number of aromatic nitrogens is 2. The molecule has 0 bridgehead atoms. The number of para-hydroxylation sites is 2. The summed E-state index contributed by atoms with van der Waals surface area (Å²) >= 11 is 6.68. The summed E-state index contributed by atoms with van der Waals surface area (Å²) in [5.74, 6) is 0.599. The number of H-pyrrole nitrogens is 1. The zero-order valence-corrected chi connectivity index (χ0v) is 14.7. The van der Waals surface area contributed by atoms with Crippen molar-refractivity contribution in [1.82, 2.24) is 14.9 Å². The lowest BCUT2D eigenvalue weighted by atomic mass is 10.2. The van der Waals surface area contributed by atoms with E-state index in [1.807, 2.05) is 49.1 Å². The van der Waals surface area contributed by atoms with Crippen molar-refractivity contribution in [2.75, 3.05) is 18.8 Å². The molecule has 1 heterocycles. The van der Waals surface area contributed by atoms with Gasteiger partial charge in [0.05, 0.1) is 16.8 Å². The quantitative estimate of drug-likeness (QED) is 0.488. The van der Waals surface area contributed by atoms with Gasteiger partial charge in [-0.25, -0.2) is 4.98 Å². The lowest BCUT2D eigenvalue weighted by Crippen LogP contribution is -2.26. The minimum Gasteiger partial charge on any atom is -0.510 e. The molecular weight excluding hydrogens is 328 g/mol. The third-order valence-electron chi connectivity index (χ3n) is 3.38. The second-order valence-corrected chi connectivity index (χ2v) is 6.37. The zero-order valence-electron chi connectivity index (χ0n) is 13.0. The number of nitrogens with zero attached hydrogens (tertiary/aromatic N) is 3. The molecule has 0 radical (unpaired) electrons. The Morgan fingerprint density at radius 1 is 1.39 bits per heavy atom. The van der Waals surface area contributed by atoms with Crippen LogP contribution in [0.1, 0.15) is 19.7 Å². The summed E-state index contributed by atoms with van der Waals surface area (Å²) in [6.07, 6.45) is 0. The lowest BCUT2D eigenvalue weighted by molar-refractivity contribution is 0.420. The summed E-state index contributed by atoms with van der Waals surface area (Å²) in [5, 5.41) is 19.6. The molecule has 0 aliphatic heterocycles. The van der Waals surface area contributed by atoms with Gasteiger partial charge in [-0.1, -0.05) is 36.1 Å². The van der Waals surface area contributed by atoms with Gasteiger partial charge in [-0.2, -0.15) is 5.26 Å². The average Bonchev–Trinajstić information content (AvgIpc) is 2.98. The molecule has 7 heteroatoms. The van der Waals surface area contributed by atoms with E-state index in [0.717, 1.165) is 24.1 Å². The molecule has 0 saturated heterocycles. The monoisotopic (exact) mass is 346 g/mol. The molecule has 0 amide bonds. The van der Waals surface area contributed by atoms with Crippen molar-refractivity contribution in [1.29, 1.82) is 5.26 Å². The third-order valence-corrected chi connectivity index (χ3v) is 4.92. The highest BCUT2D eigenvalue weighted by molar-refractivity contribution is 8.23. The van der Waals surface area contributed by atoms with Crippen molar-refractivity contribution in [3.63, 3.8) is 0 Å². The summed E-state index contributed by atoms with van der Waals surface area (Å²) in [4.78, 5) is 9.44. The van der Waals surface area contributed by atoms with Crippen LogP contribution in [0.3, 0.4) is 0 Å². The second kappa shape index (κ2) is 7.99. The first kappa shape index (κ1) is 17.3. The SMILES string of the molecule is CCN(CC)C(=S)SC/C(O)=C(/C#N)c1nc2ccccc2[nH]1. The molecule has 1 aromatic carbocycles. The van der Waals surface area contributed by atoms with Crippen LogP contribution < -0.4 is 0 Å². The largest absolute Gasteiger partial charge is 0.510 e. The molecule has 0 atom stereocenters. The molecule has 2 aromatic rings. The van der Waals surface area contributed by atoms with Gasteiger partial charge in [0.2, 0.25) is 0 Å². The molecule has 0 fully saturated rings. The maximum Gasteiger partial charge on any atom is 0.152 e. The Kier molecular flexibility index (Phi) is 6.02. The molecule has 2 N–H and O–H groups in total. The fraction of sp³-hybridized carbons (Fsp3) is 0.312. The van der Waals surface area contributed by atoms with Gasteiger partial charge in [-0.05, 0) is 26.0 Å². The van der Waals surface area contributed by atoms with E-state index in [-0.39, 0.29) is 17.1 Å². The molecule has 0 saturated carbocycles. The maximum atomic E-state index is 10.3. The Labute approximate surface area is 145 Å².